The van der Waals surface area contributed by atoms with E-state index in [0.717, 1.165) is 31.2 Å². The van der Waals surface area contributed by atoms with E-state index >= 15 is 0 Å². The molecule has 0 aromatic heterocycles. The topological polar surface area (TPSA) is 74.2 Å². The van der Waals surface area contributed by atoms with Crippen molar-refractivity contribution >= 4 is 17.7 Å². The molecule has 0 saturated heterocycles. The van der Waals surface area contributed by atoms with Crippen LogP contribution >= 0.6 is 0 Å². The smallest absolute Gasteiger partial charge is 0.354 e. The summed E-state index contributed by atoms with van der Waals surface area (Å²) >= 11 is 0. The molecule has 1 fully saturated rings. The molecule has 0 spiro atoms. The Kier molecular flexibility index (Phi) is 5.81. The van der Waals surface area contributed by atoms with Gasteiger partial charge in [-0.15, -0.1) is 0 Å². The molecule has 1 atom stereocenters. The number of benzene rings is 1. The lowest BCUT2D eigenvalue weighted by Crippen LogP contribution is -2.28. The zero-order chi connectivity index (χ0) is 17.6. The van der Waals surface area contributed by atoms with E-state index in [9.17, 15) is 9.59 Å². The first-order valence-corrected chi connectivity index (χ1v) is 8.64. The predicted octanol–water partition coefficient (Wildman–Crippen LogP) is 2.51. The second-order valence-corrected chi connectivity index (χ2v) is 6.47. The zero-order valence-electron chi connectivity index (χ0n) is 14.3. The fraction of sp³-hybridized carbons (Fsp3) is 0.526. The summed E-state index contributed by atoms with van der Waals surface area (Å²) in [6.07, 6.45) is 2.92. The summed E-state index contributed by atoms with van der Waals surface area (Å²) in [5.41, 5.74) is 1.34. The standard InChI is InChI=1S/C19H23NO5/c1-23-19(22)16-12-24-17(20-16)14-7-9-15(10-8-14)18(21)25-11-13-5-3-2-4-6-13/h2-6,14-15,17H,7-12H2,1H3. The van der Waals surface area contributed by atoms with E-state index in [-0.39, 0.29) is 30.6 Å². The molecule has 2 aliphatic rings. The maximum Gasteiger partial charge on any atom is 0.354 e. The minimum Gasteiger partial charge on any atom is -0.464 e. The van der Waals surface area contributed by atoms with Gasteiger partial charge in [0.25, 0.3) is 0 Å². The number of hydrogen-bond acceptors (Lipinski definition) is 6. The lowest BCUT2D eigenvalue weighted by Gasteiger charge is -2.29. The molecule has 0 radical (unpaired) electrons. The lowest BCUT2D eigenvalue weighted by atomic mass is 9.81. The van der Waals surface area contributed by atoms with Gasteiger partial charge < -0.3 is 14.2 Å². The van der Waals surface area contributed by atoms with Crippen LogP contribution in [0, 0.1) is 11.8 Å². The summed E-state index contributed by atoms with van der Waals surface area (Å²) in [6.45, 7) is 0.522. The minimum absolute atomic E-state index is 0.0644. The number of hydrogen-bond donors (Lipinski definition) is 0. The van der Waals surface area contributed by atoms with Gasteiger partial charge in [-0.2, -0.15) is 0 Å². The lowest BCUT2D eigenvalue weighted by molar-refractivity contribution is -0.151. The SMILES string of the molecule is COC(=O)C1=NC(C2CCC(C(=O)OCc3ccccc3)CC2)OC1. The fourth-order valence-corrected chi connectivity index (χ4v) is 3.35. The van der Waals surface area contributed by atoms with Crippen LogP contribution in [-0.4, -0.2) is 37.6 Å². The molecule has 1 unspecified atom stereocenters. The van der Waals surface area contributed by atoms with Gasteiger partial charge in [0.2, 0.25) is 0 Å². The molecule has 1 aromatic rings. The molecule has 0 N–H and O–H groups in total. The quantitative estimate of drug-likeness (QED) is 0.767. The van der Waals surface area contributed by atoms with Crippen LogP contribution in [-0.2, 0) is 30.4 Å². The predicted molar refractivity (Wildman–Crippen MR) is 90.9 cm³/mol. The van der Waals surface area contributed by atoms with Crippen LogP contribution in [0.3, 0.4) is 0 Å². The first-order chi connectivity index (χ1) is 12.2. The Hall–Kier alpha value is -2.21. The highest BCUT2D eigenvalue weighted by atomic mass is 16.5. The van der Waals surface area contributed by atoms with Crippen molar-refractivity contribution in [3.63, 3.8) is 0 Å². The number of ether oxygens (including phenoxy) is 3. The van der Waals surface area contributed by atoms with Crippen LogP contribution in [0.25, 0.3) is 0 Å². The van der Waals surface area contributed by atoms with Gasteiger partial charge in [0.15, 0.2) is 6.23 Å². The van der Waals surface area contributed by atoms with Crippen LogP contribution in [0.15, 0.2) is 35.3 Å². The van der Waals surface area contributed by atoms with Crippen molar-refractivity contribution in [2.24, 2.45) is 16.8 Å². The first-order valence-electron chi connectivity index (χ1n) is 8.64. The van der Waals surface area contributed by atoms with Crippen molar-refractivity contribution < 1.29 is 23.8 Å². The van der Waals surface area contributed by atoms with E-state index in [4.69, 9.17) is 9.47 Å². The van der Waals surface area contributed by atoms with Crippen molar-refractivity contribution in [2.75, 3.05) is 13.7 Å². The van der Waals surface area contributed by atoms with Crippen molar-refractivity contribution in [1.82, 2.24) is 0 Å². The molecule has 1 saturated carbocycles. The van der Waals surface area contributed by atoms with Crippen LogP contribution in [0.5, 0.6) is 0 Å². The Morgan fingerprint density at radius 1 is 1.16 bits per heavy atom. The first kappa shape index (κ1) is 17.6. The number of esters is 2. The number of nitrogens with zero attached hydrogens (tertiary/aromatic N) is 1. The summed E-state index contributed by atoms with van der Waals surface area (Å²) in [4.78, 5) is 28.0. The highest BCUT2D eigenvalue weighted by Gasteiger charge is 2.35. The average molecular weight is 345 g/mol. The second kappa shape index (κ2) is 8.25. The minimum atomic E-state index is -0.430. The molecule has 25 heavy (non-hydrogen) atoms. The Morgan fingerprint density at radius 3 is 2.56 bits per heavy atom. The maximum absolute atomic E-state index is 12.2. The second-order valence-electron chi connectivity index (χ2n) is 6.47. The Labute approximate surface area is 147 Å². The molecule has 1 heterocycles. The van der Waals surface area contributed by atoms with Crippen LogP contribution in [0.2, 0.25) is 0 Å². The zero-order valence-corrected chi connectivity index (χ0v) is 14.3. The normalized spacial score (nSPS) is 26.0. The van der Waals surface area contributed by atoms with Crippen LogP contribution in [0.4, 0.5) is 0 Å². The summed E-state index contributed by atoms with van der Waals surface area (Å²) in [6, 6.07) is 9.68. The van der Waals surface area contributed by atoms with Crippen molar-refractivity contribution in [2.45, 2.75) is 38.5 Å². The molecule has 1 aliphatic heterocycles. The monoisotopic (exact) mass is 345 g/mol. The highest BCUT2D eigenvalue weighted by Crippen LogP contribution is 2.34. The maximum atomic E-state index is 12.2. The molecule has 1 aromatic carbocycles. The molecule has 1 aliphatic carbocycles. The van der Waals surface area contributed by atoms with Crippen molar-refractivity contribution in [3.8, 4) is 0 Å². The highest BCUT2D eigenvalue weighted by molar-refractivity contribution is 6.37. The molecule has 6 heteroatoms. The number of carbonyl (C=O) groups excluding carboxylic acids is 2. The van der Waals surface area contributed by atoms with Gasteiger partial charge in [-0.25, -0.2) is 9.79 Å². The van der Waals surface area contributed by atoms with Crippen LogP contribution in [0.1, 0.15) is 31.2 Å². The summed E-state index contributed by atoms with van der Waals surface area (Å²) in [5, 5.41) is 0. The van der Waals surface area contributed by atoms with Gasteiger partial charge in [-0.05, 0) is 31.2 Å². The van der Waals surface area contributed by atoms with Crippen molar-refractivity contribution in [1.29, 1.82) is 0 Å². The largest absolute Gasteiger partial charge is 0.464 e. The van der Waals surface area contributed by atoms with E-state index in [2.05, 4.69) is 9.73 Å². The Morgan fingerprint density at radius 2 is 1.88 bits per heavy atom. The summed E-state index contributed by atoms with van der Waals surface area (Å²) < 4.78 is 15.7. The summed E-state index contributed by atoms with van der Waals surface area (Å²) in [5.74, 6) is -0.389. The molecule has 134 valence electrons. The third kappa shape index (κ3) is 4.45. The van der Waals surface area contributed by atoms with Gasteiger partial charge in [-0.1, -0.05) is 30.3 Å². The van der Waals surface area contributed by atoms with Gasteiger partial charge in [0, 0.05) is 5.92 Å². The third-order valence-corrected chi connectivity index (χ3v) is 4.83. The molecular formula is C19H23NO5. The molecule has 0 amide bonds. The molecule has 0 bridgehead atoms. The summed E-state index contributed by atoms with van der Waals surface area (Å²) in [7, 11) is 1.34. The number of rotatable bonds is 5. The van der Waals surface area contributed by atoms with Gasteiger partial charge in [0.05, 0.1) is 19.6 Å². The molecular weight excluding hydrogens is 322 g/mol. The van der Waals surface area contributed by atoms with Gasteiger partial charge >= 0.3 is 11.9 Å². The third-order valence-electron chi connectivity index (χ3n) is 4.83. The molecule has 3 rings (SSSR count). The van der Waals surface area contributed by atoms with E-state index in [1.54, 1.807) is 0 Å². The number of carbonyl (C=O) groups is 2. The molecule has 6 nitrogen and oxygen atoms in total. The average Bonchev–Trinajstić information content (AvgIpc) is 3.16. The Balaban J connectivity index is 1.45. The van der Waals surface area contributed by atoms with Gasteiger partial charge in [0.1, 0.15) is 12.3 Å². The number of aliphatic imine (C=N–C) groups is 1. The van der Waals surface area contributed by atoms with E-state index in [1.165, 1.54) is 7.11 Å². The van der Waals surface area contributed by atoms with Gasteiger partial charge in [-0.3, -0.25) is 4.79 Å². The van der Waals surface area contributed by atoms with E-state index in [1.807, 2.05) is 30.3 Å². The fourth-order valence-electron chi connectivity index (χ4n) is 3.35. The number of methoxy groups -OCH3 is 1. The van der Waals surface area contributed by atoms with E-state index in [0.29, 0.717) is 12.3 Å². The Bertz CT molecular complexity index is 634. The van der Waals surface area contributed by atoms with Crippen molar-refractivity contribution in [3.05, 3.63) is 35.9 Å². The van der Waals surface area contributed by atoms with Crippen LogP contribution < -0.4 is 0 Å². The van der Waals surface area contributed by atoms with E-state index < -0.39 is 5.97 Å².